The van der Waals surface area contributed by atoms with Crippen LogP contribution in [0, 0.1) is 0 Å². The van der Waals surface area contributed by atoms with Crippen LogP contribution in [0.2, 0.25) is 0 Å². The minimum atomic E-state index is 0.742. The number of nitrogens with one attached hydrogen (secondary N) is 1. The summed E-state index contributed by atoms with van der Waals surface area (Å²) in [6.07, 6.45) is 1.10. The molecule has 1 N–H and O–H groups in total. The Morgan fingerprint density at radius 2 is 1.89 bits per heavy atom. The van der Waals surface area contributed by atoms with E-state index < -0.39 is 0 Å². The molecule has 4 nitrogen and oxygen atoms in total. The Morgan fingerprint density at radius 3 is 2.58 bits per heavy atom. The van der Waals surface area contributed by atoms with Crippen molar-refractivity contribution in [3.8, 4) is 0 Å². The zero-order valence-corrected chi connectivity index (χ0v) is 11.9. The first-order valence-corrected chi connectivity index (χ1v) is 6.91. The summed E-state index contributed by atoms with van der Waals surface area (Å²) in [5.74, 6) is 0. The smallest absolute Gasteiger partial charge is 0.0637 e. The van der Waals surface area contributed by atoms with Gasteiger partial charge in [0.2, 0.25) is 0 Å². The Bertz CT molecular complexity index is 388. The van der Waals surface area contributed by atoms with E-state index in [1.807, 2.05) is 0 Å². The van der Waals surface area contributed by atoms with E-state index >= 15 is 0 Å². The molecule has 0 spiro atoms. The molecule has 19 heavy (non-hydrogen) atoms. The lowest BCUT2D eigenvalue weighted by atomic mass is 9.98. The van der Waals surface area contributed by atoms with E-state index in [1.54, 1.807) is 14.2 Å². The molecule has 1 aromatic rings. The van der Waals surface area contributed by atoms with Gasteiger partial charge in [-0.25, -0.2) is 0 Å². The number of nitrogens with zero attached hydrogens (tertiary/aromatic N) is 1. The predicted octanol–water partition coefficient (Wildman–Crippen LogP) is 1.43. The van der Waals surface area contributed by atoms with E-state index in [9.17, 15) is 0 Å². The number of hydrogen-bond acceptors (Lipinski definition) is 4. The topological polar surface area (TPSA) is 33.7 Å². The number of rotatable bonds is 7. The third-order valence-corrected chi connectivity index (χ3v) is 3.59. The number of anilines is 1. The van der Waals surface area contributed by atoms with E-state index in [0.717, 1.165) is 45.8 Å². The molecule has 0 saturated carbocycles. The lowest BCUT2D eigenvalue weighted by molar-refractivity contribution is 0.190. The maximum Gasteiger partial charge on any atom is 0.0637 e. The van der Waals surface area contributed by atoms with Crippen molar-refractivity contribution in [1.29, 1.82) is 0 Å². The molecule has 106 valence electrons. The van der Waals surface area contributed by atoms with Crippen LogP contribution in [0.4, 0.5) is 5.69 Å². The van der Waals surface area contributed by atoms with Gasteiger partial charge >= 0.3 is 0 Å². The summed E-state index contributed by atoms with van der Waals surface area (Å²) in [7, 11) is 3.50. The third-order valence-electron chi connectivity index (χ3n) is 3.59. The zero-order chi connectivity index (χ0) is 13.5. The van der Waals surface area contributed by atoms with E-state index in [-0.39, 0.29) is 0 Å². The molecule has 1 aliphatic rings. The maximum absolute atomic E-state index is 5.22. The first-order chi connectivity index (χ1) is 9.36. The fourth-order valence-electron chi connectivity index (χ4n) is 2.56. The van der Waals surface area contributed by atoms with Crippen molar-refractivity contribution in [2.45, 2.75) is 13.0 Å². The fraction of sp³-hybridized carbons (Fsp3) is 0.600. The average Bonchev–Trinajstić information content (AvgIpc) is 2.47. The molecular weight excluding hydrogens is 240 g/mol. The lowest BCUT2D eigenvalue weighted by Gasteiger charge is -2.29. The van der Waals surface area contributed by atoms with Gasteiger partial charge in [-0.1, -0.05) is 12.1 Å². The van der Waals surface area contributed by atoms with Crippen LogP contribution in [0.25, 0.3) is 0 Å². The van der Waals surface area contributed by atoms with Gasteiger partial charge in [0.05, 0.1) is 13.2 Å². The zero-order valence-electron chi connectivity index (χ0n) is 11.9. The van der Waals surface area contributed by atoms with Crippen LogP contribution in [0.3, 0.4) is 0 Å². The van der Waals surface area contributed by atoms with E-state index in [0.29, 0.717) is 0 Å². The molecule has 0 saturated heterocycles. The Morgan fingerprint density at radius 1 is 1.16 bits per heavy atom. The second kappa shape index (κ2) is 7.48. The first-order valence-electron chi connectivity index (χ1n) is 6.91. The molecule has 0 radical (unpaired) electrons. The molecule has 0 fully saturated rings. The van der Waals surface area contributed by atoms with Gasteiger partial charge in [-0.05, 0) is 30.2 Å². The molecule has 4 heteroatoms. The van der Waals surface area contributed by atoms with Crippen molar-refractivity contribution in [3.63, 3.8) is 0 Å². The summed E-state index contributed by atoms with van der Waals surface area (Å²) in [4.78, 5) is 2.37. The van der Waals surface area contributed by atoms with Gasteiger partial charge in [0.25, 0.3) is 0 Å². The fourth-order valence-corrected chi connectivity index (χ4v) is 2.56. The number of methoxy groups -OCH3 is 2. The van der Waals surface area contributed by atoms with E-state index in [2.05, 4.69) is 28.4 Å². The van der Waals surface area contributed by atoms with Crippen molar-refractivity contribution in [2.24, 2.45) is 0 Å². The van der Waals surface area contributed by atoms with Crippen LogP contribution >= 0.6 is 0 Å². The lowest BCUT2D eigenvalue weighted by Crippen LogP contribution is -2.33. The molecule has 1 aromatic carbocycles. The van der Waals surface area contributed by atoms with Crippen LogP contribution in [0.5, 0.6) is 0 Å². The Hall–Kier alpha value is -1.10. The number of ether oxygens (including phenoxy) is 2. The van der Waals surface area contributed by atoms with Crippen LogP contribution in [0.15, 0.2) is 18.2 Å². The van der Waals surface area contributed by atoms with Gasteiger partial charge in [-0.15, -0.1) is 0 Å². The second-order valence-corrected chi connectivity index (χ2v) is 4.81. The highest BCUT2D eigenvalue weighted by Gasteiger charge is 2.16. The van der Waals surface area contributed by atoms with Crippen molar-refractivity contribution in [1.82, 2.24) is 5.32 Å². The van der Waals surface area contributed by atoms with Gasteiger partial charge in [-0.2, -0.15) is 0 Å². The van der Waals surface area contributed by atoms with E-state index in [4.69, 9.17) is 9.47 Å². The minimum absolute atomic E-state index is 0.742. The Kier molecular flexibility index (Phi) is 5.63. The molecule has 0 amide bonds. The highest BCUT2D eigenvalue weighted by atomic mass is 16.5. The first kappa shape index (κ1) is 14.3. The van der Waals surface area contributed by atoms with Gasteiger partial charge < -0.3 is 19.7 Å². The SMILES string of the molecule is COCCN(CCOC)c1cccc2c1CCNC2. The molecule has 1 aliphatic heterocycles. The van der Waals surface area contributed by atoms with Gasteiger partial charge in [-0.3, -0.25) is 0 Å². The standard InChI is InChI=1S/C15H24N2O2/c1-18-10-8-17(9-11-19-2)15-5-3-4-13-12-16-7-6-14(13)15/h3-5,16H,6-12H2,1-2H3. The molecular formula is C15H24N2O2. The van der Waals surface area contributed by atoms with Crippen LogP contribution in [-0.4, -0.2) is 47.1 Å². The highest BCUT2D eigenvalue weighted by molar-refractivity contribution is 5.57. The molecule has 0 bridgehead atoms. The maximum atomic E-state index is 5.22. The molecule has 0 aromatic heterocycles. The number of benzene rings is 1. The molecule has 2 rings (SSSR count). The second-order valence-electron chi connectivity index (χ2n) is 4.81. The summed E-state index contributed by atoms with van der Waals surface area (Å²) in [5, 5.41) is 3.43. The summed E-state index contributed by atoms with van der Waals surface area (Å²) in [6, 6.07) is 6.58. The number of hydrogen-bond donors (Lipinski definition) is 1. The molecule has 0 aliphatic carbocycles. The molecule has 0 atom stereocenters. The average molecular weight is 264 g/mol. The van der Waals surface area contributed by atoms with Crippen molar-refractivity contribution >= 4 is 5.69 Å². The van der Waals surface area contributed by atoms with Crippen molar-refractivity contribution in [2.75, 3.05) is 52.0 Å². The van der Waals surface area contributed by atoms with Gasteiger partial charge in [0, 0.05) is 39.5 Å². The number of fused-ring (bicyclic) bond motifs is 1. The summed E-state index contributed by atoms with van der Waals surface area (Å²) < 4.78 is 10.4. The Balaban J connectivity index is 2.19. The highest BCUT2D eigenvalue weighted by Crippen LogP contribution is 2.26. The largest absolute Gasteiger partial charge is 0.383 e. The predicted molar refractivity (Wildman–Crippen MR) is 77.8 cm³/mol. The van der Waals surface area contributed by atoms with E-state index in [1.165, 1.54) is 16.8 Å². The summed E-state index contributed by atoms with van der Waals surface area (Å²) in [6.45, 7) is 5.34. The molecule has 1 heterocycles. The summed E-state index contributed by atoms with van der Waals surface area (Å²) >= 11 is 0. The minimum Gasteiger partial charge on any atom is -0.383 e. The van der Waals surface area contributed by atoms with Crippen LogP contribution in [-0.2, 0) is 22.4 Å². The third kappa shape index (κ3) is 3.69. The van der Waals surface area contributed by atoms with Gasteiger partial charge in [0.15, 0.2) is 0 Å². The summed E-state index contributed by atoms with van der Waals surface area (Å²) in [5.41, 5.74) is 4.24. The van der Waals surface area contributed by atoms with Crippen molar-refractivity contribution < 1.29 is 9.47 Å². The van der Waals surface area contributed by atoms with Crippen LogP contribution in [0.1, 0.15) is 11.1 Å². The Labute approximate surface area is 115 Å². The quantitative estimate of drug-likeness (QED) is 0.808. The van der Waals surface area contributed by atoms with Gasteiger partial charge in [0.1, 0.15) is 0 Å². The van der Waals surface area contributed by atoms with Crippen molar-refractivity contribution in [3.05, 3.63) is 29.3 Å². The normalized spacial score (nSPS) is 14.2. The monoisotopic (exact) mass is 264 g/mol. The molecule has 0 unspecified atom stereocenters. The van der Waals surface area contributed by atoms with Crippen LogP contribution < -0.4 is 10.2 Å².